The lowest BCUT2D eigenvalue weighted by atomic mass is 9.92. The van der Waals surface area contributed by atoms with Crippen molar-refractivity contribution in [1.82, 2.24) is 5.32 Å². The van der Waals surface area contributed by atoms with Crippen LogP contribution in [0.25, 0.3) is 0 Å². The zero-order valence-electron chi connectivity index (χ0n) is 9.92. The lowest BCUT2D eigenvalue weighted by Crippen LogP contribution is -2.39. The molecule has 1 aliphatic heterocycles. The summed E-state index contributed by atoms with van der Waals surface area (Å²) in [5.74, 6) is -0.123. The second-order valence-electron chi connectivity index (χ2n) is 4.96. The molecule has 0 unspecified atom stereocenters. The monoisotopic (exact) mass is 235 g/mol. The Morgan fingerprint density at radius 2 is 2.24 bits per heavy atom. The van der Waals surface area contributed by atoms with Crippen molar-refractivity contribution >= 4 is 0 Å². The number of nitrogens with one attached hydrogen (secondary N) is 1. The van der Waals surface area contributed by atoms with Crippen LogP contribution in [0.5, 0.6) is 0 Å². The van der Waals surface area contributed by atoms with Gasteiger partial charge in [-0.2, -0.15) is 0 Å². The SMILES string of the molecule is Fc1cccc2c1[C@@H](CNC1CCC1)OCC2. The fourth-order valence-corrected chi connectivity index (χ4v) is 2.60. The predicted octanol–water partition coefficient (Wildman–Crippen LogP) is 2.58. The van der Waals surface area contributed by atoms with Crippen molar-refractivity contribution in [2.75, 3.05) is 13.2 Å². The molecule has 1 fully saturated rings. The molecule has 2 nitrogen and oxygen atoms in total. The van der Waals surface area contributed by atoms with Crippen LogP contribution in [0, 0.1) is 5.82 Å². The van der Waals surface area contributed by atoms with Crippen LogP contribution in [0.3, 0.4) is 0 Å². The molecular weight excluding hydrogens is 217 g/mol. The van der Waals surface area contributed by atoms with Gasteiger partial charge in [-0.1, -0.05) is 18.6 Å². The molecule has 1 aromatic carbocycles. The Morgan fingerprint density at radius 3 is 3.00 bits per heavy atom. The van der Waals surface area contributed by atoms with Gasteiger partial charge in [0.25, 0.3) is 0 Å². The molecule has 1 atom stereocenters. The van der Waals surface area contributed by atoms with Gasteiger partial charge in [-0.3, -0.25) is 0 Å². The Bertz CT molecular complexity index is 403. The molecule has 0 spiro atoms. The molecule has 0 amide bonds. The fourth-order valence-electron chi connectivity index (χ4n) is 2.60. The zero-order chi connectivity index (χ0) is 11.7. The summed E-state index contributed by atoms with van der Waals surface area (Å²) in [6.07, 6.45) is 4.52. The first kappa shape index (κ1) is 11.2. The van der Waals surface area contributed by atoms with Crippen LogP contribution >= 0.6 is 0 Å². The van der Waals surface area contributed by atoms with Gasteiger partial charge in [-0.15, -0.1) is 0 Å². The third-order valence-electron chi connectivity index (χ3n) is 3.85. The summed E-state index contributed by atoms with van der Waals surface area (Å²) in [6, 6.07) is 5.95. The Labute approximate surface area is 101 Å². The first-order chi connectivity index (χ1) is 8.34. The lowest BCUT2D eigenvalue weighted by Gasteiger charge is -2.31. The van der Waals surface area contributed by atoms with Crippen molar-refractivity contribution in [2.24, 2.45) is 0 Å². The average Bonchev–Trinajstić information content (AvgIpc) is 2.27. The van der Waals surface area contributed by atoms with Crippen LogP contribution in [-0.2, 0) is 11.2 Å². The highest BCUT2D eigenvalue weighted by Gasteiger charge is 2.26. The second kappa shape index (κ2) is 4.75. The maximum atomic E-state index is 13.8. The molecular formula is C14H18FNO. The molecule has 2 aliphatic rings. The number of rotatable bonds is 3. The van der Waals surface area contributed by atoms with Gasteiger partial charge < -0.3 is 10.1 Å². The minimum absolute atomic E-state index is 0.111. The van der Waals surface area contributed by atoms with Crippen LogP contribution in [0.2, 0.25) is 0 Å². The smallest absolute Gasteiger partial charge is 0.129 e. The van der Waals surface area contributed by atoms with Crippen LogP contribution in [0.15, 0.2) is 18.2 Å². The van der Waals surface area contributed by atoms with Gasteiger partial charge in [-0.05, 0) is 30.9 Å². The van der Waals surface area contributed by atoms with Crippen molar-refractivity contribution in [1.29, 1.82) is 0 Å². The molecule has 3 rings (SSSR count). The summed E-state index contributed by atoms with van der Waals surface area (Å²) in [5, 5.41) is 3.47. The van der Waals surface area contributed by atoms with Crippen LogP contribution in [0.4, 0.5) is 4.39 Å². The normalized spacial score (nSPS) is 24.2. The Morgan fingerprint density at radius 1 is 1.35 bits per heavy atom. The molecule has 92 valence electrons. The predicted molar refractivity (Wildman–Crippen MR) is 64.4 cm³/mol. The number of hydrogen-bond donors (Lipinski definition) is 1. The molecule has 0 radical (unpaired) electrons. The second-order valence-corrected chi connectivity index (χ2v) is 4.96. The Kier molecular flexibility index (Phi) is 3.12. The van der Waals surface area contributed by atoms with Crippen molar-refractivity contribution in [3.8, 4) is 0 Å². The van der Waals surface area contributed by atoms with E-state index >= 15 is 0 Å². The minimum Gasteiger partial charge on any atom is -0.372 e. The molecule has 0 bridgehead atoms. The Hall–Kier alpha value is -0.930. The maximum Gasteiger partial charge on any atom is 0.129 e. The highest BCUT2D eigenvalue weighted by molar-refractivity contribution is 5.32. The van der Waals surface area contributed by atoms with E-state index in [9.17, 15) is 4.39 Å². The summed E-state index contributed by atoms with van der Waals surface area (Å²) in [5.41, 5.74) is 1.88. The largest absolute Gasteiger partial charge is 0.372 e. The molecule has 17 heavy (non-hydrogen) atoms. The third kappa shape index (κ3) is 2.22. The van der Waals surface area contributed by atoms with Crippen molar-refractivity contribution in [2.45, 2.75) is 37.8 Å². The first-order valence-electron chi connectivity index (χ1n) is 6.47. The molecule has 0 saturated heterocycles. The van der Waals surface area contributed by atoms with Crippen LogP contribution < -0.4 is 5.32 Å². The number of halogens is 1. The van der Waals surface area contributed by atoms with Crippen molar-refractivity contribution in [3.05, 3.63) is 35.1 Å². The van der Waals surface area contributed by atoms with E-state index < -0.39 is 0 Å². The Balaban J connectivity index is 1.73. The van der Waals surface area contributed by atoms with E-state index in [0.29, 0.717) is 12.6 Å². The summed E-state index contributed by atoms with van der Waals surface area (Å²) in [4.78, 5) is 0. The van der Waals surface area contributed by atoms with Crippen molar-refractivity contribution < 1.29 is 9.13 Å². The van der Waals surface area contributed by atoms with E-state index in [0.717, 1.165) is 24.1 Å². The van der Waals surface area contributed by atoms with E-state index in [2.05, 4.69) is 5.32 Å². The molecule has 1 aromatic rings. The van der Waals surface area contributed by atoms with E-state index in [1.807, 2.05) is 6.07 Å². The molecule has 1 saturated carbocycles. The number of fused-ring (bicyclic) bond motifs is 1. The standard InChI is InChI=1S/C14H18FNO/c15-12-6-1-3-10-7-8-17-13(14(10)12)9-16-11-4-2-5-11/h1,3,6,11,13,16H,2,4-5,7-9H2/t13-/m1/s1. The summed E-state index contributed by atoms with van der Waals surface area (Å²) >= 11 is 0. The highest BCUT2D eigenvalue weighted by Crippen LogP contribution is 2.29. The van der Waals surface area contributed by atoms with Gasteiger partial charge in [0.1, 0.15) is 5.82 Å². The van der Waals surface area contributed by atoms with Crippen LogP contribution in [0.1, 0.15) is 36.5 Å². The lowest BCUT2D eigenvalue weighted by molar-refractivity contribution is 0.0358. The van der Waals surface area contributed by atoms with E-state index in [1.165, 1.54) is 25.3 Å². The maximum absolute atomic E-state index is 13.8. The van der Waals surface area contributed by atoms with E-state index in [1.54, 1.807) is 6.07 Å². The van der Waals surface area contributed by atoms with Crippen molar-refractivity contribution in [3.63, 3.8) is 0 Å². The number of ether oxygens (including phenoxy) is 1. The van der Waals surface area contributed by atoms with Gasteiger partial charge in [0.05, 0.1) is 12.7 Å². The summed E-state index contributed by atoms with van der Waals surface area (Å²) < 4.78 is 19.5. The number of hydrogen-bond acceptors (Lipinski definition) is 2. The van der Waals surface area contributed by atoms with Gasteiger partial charge >= 0.3 is 0 Å². The van der Waals surface area contributed by atoms with Gasteiger partial charge in [0.15, 0.2) is 0 Å². The zero-order valence-corrected chi connectivity index (χ0v) is 9.92. The molecule has 1 heterocycles. The topological polar surface area (TPSA) is 21.3 Å². The van der Waals surface area contributed by atoms with Gasteiger partial charge in [0, 0.05) is 18.2 Å². The molecule has 3 heteroatoms. The van der Waals surface area contributed by atoms with E-state index in [-0.39, 0.29) is 11.9 Å². The number of benzene rings is 1. The molecule has 1 aliphatic carbocycles. The van der Waals surface area contributed by atoms with E-state index in [4.69, 9.17) is 4.74 Å². The highest BCUT2D eigenvalue weighted by atomic mass is 19.1. The average molecular weight is 235 g/mol. The van der Waals surface area contributed by atoms with Gasteiger partial charge in [-0.25, -0.2) is 4.39 Å². The third-order valence-corrected chi connectivity index (χ3v) is 3.85. The summed E-state index contributed by atoms with van der Waals surface area (Å²) in [7, 11) is 0. The minimum atomic E-state index is -0.123. The molecule has 0 aromatic heterocycles. The first-order valence-corrected chi connectivity index (χ1v) is 6.47. The quantitative estimate of drug-likeness (QED) is 0.869. The molecule has 1 N–H and O–H groups in total. The summed E-state index contributed by atoms with van der Waals surface area (Å²) in [6.45, 7) is 1.44. The van der Waals surface area contributed by atoms with Gasteiger partial charge in [0.2, 0.25) is 0 Å². The van der Waals surface area contributed by atoms with Crippen LogP contribution in [-0.4, -0.2) is 19.2 Å². The fraction of sp³-hybridized carbons (Fsp3) is 0.571.